The Kier molecular flexibility index (Phi) is 3.43. The Morgan fingerprint density at radius 3 is 3.20 bits per heavy atom. The summed E-state index contributed by atoms with van der Waals surface area (Å²) in [5.41, 5.74) is 1.54. The first kappa shape index (κ1) is 13.1. The van der Waals surface area contributed by atoms with Gasteiger partial charge in [0.2, 0.25) is 0 Å². The highest BCUT2D eigenvalue weighted by atomic mass is 32.1. The second-order valence-corrected chi connectivity index (χ2v) is 5.98. The molecular formula is C13H15N3O3S. The van der Waals surface area contributed by atoms with Crippen molar-refractivity contribution in [1.29, 1.82) is 0 Å². The van der Waals surface area contributed by atoms with E-state index in [1.165, 1.54) is 11.3 Å². The highest BCUT2D eigenvalue weighted by Crippen LogP contribution is 2.36. The summed E-state index contributed by atoms with van der Waals surface area (Å²) in [5.74, 6) is -0.471. The summed E-state index contributed by atoms with van der Waals surface area (Å²) in [5, 5.41) is 17.1. The topological polar surface area (TPSA) is 88.2 Å². The number of fused-ring (bicyclic) bond motifs is 1. The molecule has 2 N–H and O–H groups in total. The molecule has 1 aliphatic carbocycles. The first-order valence-corrected chi connectivity index (χ1v) is 7.33. The summed E-state index contributed by atoms with van der Waals surface area (Å²) < 4.78 is 5.00. The van der Waals surface area contributed by atoms with Crippen LogP contribution in [0.2, 0.25) is 0 Å². The molecular weight excluding hydrogens is 278 g/mol. The Morgan fingerprint density at radius 1 is 1.65 bits per heavy atom. The highest BCUT2D eigenvalue weighted by Gasteiger charge is 2.29. The predicted octanol–water partition coefficient (Wildman–Crippen LogP) is 2.56. The lowest BCUT2D eigenvalue weighted by molar-refractivity contribution is -0.139. The molecule has 1 atom stereocenters. The number of carbonyl (C=O) groups is 1. The van der Waals surface area contributed by atoms with Gasteiger partial charge in [0.15, 0.2) is 5.13 Å². The number of aromatic nitrogens is 2. The van der Waals surface area contributed by atoms with Gasteiger partial charge in [0, 0.05) is 10.9 Å². The van der Waals surface area contributed by atoms with E-state index in [-0.39, 0.29) is 0 Å². The predicted molar refractivity (Wildman–Crippen MR) is 74.0 cm³/mol. The van der Waals surface area contributed by atoms with Gasteiger partial charge in [-0.25, -0.2) is 4.98 Å². The summed E-state index contributed by atoms with van der Waals surface area (Å²) in [6.45, 7) is 2.37. The maximum atomic E-state index is 11.2. The molecule has 0 aliphatic heterocycles. The normalized spacial score (nSPS) is 17.8. The molecule has 1 unspecified atom stereocenters. The van der Waals surface area contributed by atoms with Crippen molar-refractivity contribution in [2.45, 2.75) is 38.6 Å². The van der Waals surface area contributed by atoms with Gasteiger partial charge in [0.25, 0.3) is 0 Å². The molecule has 6 nitrogen and oxygen atoms in total. The molecule has 2 aromatic heterocycles. The van der Waals surface area contributed by atoms with Gasteiger partial charge in [-0.1, -0.05) is 5.16 Å². The number of hydrogen-bond donors (Lipinski definition) is 2. The van der Waals surface area contributed by atoms with Crippen molar-refractivity contribution in [2.75, 3.05) is 5.32 Å². The van der Waals surface area contributed by atoms with E-state index >= 15 is 0 Å². The van der Waals surface area contributed by atoms with Gasteiger partial charge in [-0.2, -0.15) is 0 Å². The van der Waals surface area contributed by atoms with Crippen LogP contribution in [0, 0.1) is 6.92 Å². The number of nitrogens with zero attached hydrogens (tertiary/aromatic N) is 2. The number of aliphatic carboxylic acids is 1. The third kappa shape index (κ3) is 2.53. The smallest absolute Gasteiger partial charge is 0.312 e. The molecule has 2 heterocycles. The van der Waals surface area contributed by atoms with Gasteiger partial charge in [0.05, 0.1) is 12.2 Å². The second-order valence-electron chi connectivity index (χ2n) is 4.89. The first-order chi connectivity index (χ1) is 9.63. The van der Waals surface area contributed by atoms with Crippen molar-refractivity contribution in [1.82, 2.24) is 10.1 Å². The van der Waals surface area contributed by atoms with Crippen LogP contribution >= 0.6 is 11.3 Å². The lowest BCUT2D eigenvalue weighted by Gasteiger charge is -2.16. The van der Waals surface area contributed by atoms with E-state index in [1.807, 2.05) is 13.0 Å². The molecule has 0 saturated heterocycles. The minimum absolute atomic E-state index is 0.458. The summed E-state index contributed by atoms with van der Waals surface area (Å²) in [6.07, 6.45) is 2.50. The number of aryl methyl sites for hydroxylation is 2. The Balaban J connectivity index is 1.74. The number of hydrogen-bond acceptors (Lipinski definition) is 6. The van der Waals surface area contributed by atoms with Crippen molar-refractivity contribution < 1.29 is 14.4 Å². The van der Waals surface area contributed by atoms with E-state index in [0.29, 0.717) is 13.0 Å². The number of rotatable bonds is 4. The van der Waals surface area contributed by atoms with Crippen molar-refractivity contribution in [3.63, 3.8) is 0 Å². The zero-order valence-electron chi connectivity index (χ0n) is 11.0. The van der Waals surface area contributed by atoms with Gasteiger partial charge in [0.1, 0.15) is 17.4 Å². The maximum absolute atomic E-state index is 11.2. The molecule has 0 amide bonds. The van der Waals surface area contributed by atoms with Gasteiger partial charge in [-0.05, 0) is 26.2 Å². The third-order valence-corrected chi connectivity index (χ3v) is 4.44. The quantitative estimate of drug-likeness (QED) is 0.900. The van der Waals surface area contributed by atoms with E-state index in [9.17, 15) is 9.90 Å². The van der Waals surface area contributed by atoms with Crippen LogP contribution < -0.4 is 5.32 Å². The molecule has 106 valence electrons. The lowest BCUT2D eigenvalue weighted by atomic mass is 9.91. The van der Waals surface area contributed by atoms with Crippen molar-refractivity contribution in [3.8, 4) is 0 Å². The molecule has 0 saturated carbocycles. The highest BCUT2D eigenvalue weighted by molar-refractivity contribution is 7.15. The fourth-order valence-corrected chi connectivity index (χ4v) is 3.46. The van der Waals surface area contributed by atoms with E-state index in [1.54, 1.807) is 0 Å². The standard InChI is InChI=1S/C13H15N3O3S/c1-7-5-8(16-19-7)6-14-13-15-11-9(12(17)18)3-2-4-10(11)20-13/h5,9H,2-4,6H2,1H3,(H,14,15)(H,17,18). The number of carboxylic acids is 1. The average molecular weight is 293 g/mol. The zero-order chi connectivity index (χ0) is 14.1. The SMILES string of the molecule is Cc1cc(CNc2nc3c(s2)CCCC3C(=O)O)no1. The molecule has 1 aliphatic rings. The molecule has 20 heavy (non-hydrogen) atoms. The summed E-state index contributed by atoms with van der Waals surface area (Å²) in [4.78, 5) is 16.8. The van der Waals surface area contributed by atoms with E-state index in [2.05, 4.69) is 15.5 Å². The fraction of sp³-hybridized carbons (Fsp3) is 0.462. The van der Waals surface area contributed by atoms with Gasteiger partial charge in [-0.15, -0.1) is 11.3 Å². The van der Waals surface area contributed by atoms with Crippen LogP contribution in [0.25, 0.3) is 0 Å². The van der Waals surface area contributed by atoms with Crippen molar-refractivity contribution in [2.24, 2.45) is 0 Å². The fourth-order valence-electron chi connectivity index (χ4n) is 2.40. The van der Waals surface area contributed by atoms with Crippen molar-refractivity contribution in [3.05, 3.63) is 28.1 Å². The zero-order valence-corrected chi connectivity index (χ0v) is 11.9. The number of anilines is 1. The molecule has 2 aromatic rings. The molecule has 0 spiro atoms. The van der Waals surface area contributed by atoms with E-state index < -0.39 is 11.9 Å². The minimum Gasteiger partial charge on any atom is -0.481 e. The van der Waals surface area contributed by atoms with Crippen LogP contribution in [0.4, 0.5) is 5.13 Å². The molecule has 0 fully saturated rings. The average Bonchev–Trinajstić information content (AvgIpc) is 3.01. The van der Waals surface area contributed by atoms with Gasteiger partial charge < -0.3 is 14.9 Å². The van der Waals surface area contributed by atoms with E-state index in [0.717, 1.165) is 40.0 Å². The van der Waals surface area contributed by atoms with Gasteiger partial charge in [-0.3, -0.25) is 4.79 Å². The van der Waals surface area contributed by atoms with Crippen LogP contribution in [-0.2, 0) is 17.8 Å². The number of nitrogens with one attached hydrogen (secondary N) is 1. The Hall–Kier alpha value is -1.89. The Labute approximate surface area is 119 Å². The number of carboxylic acid groups (broad SMARTS) is 1. The largest absolute Gasteiger partial charge is 0.481 e. The molecule has 0 aromatic carbocycles. The maximum Gasteiger partial charge on any atom is 0.312 e. The molecule has 7 heteroatoms. The van der Waals surface area contributed by atoms with Crippen LogP contribution in [0.5, 0.6) is 0 Å². The second kappa shape index (κ2) is 5.24. The molecule has 0 bridgehead atoms. The Bertz CT molecular complexity index is 635. The first-order valence-electron chi connectivity index (χ1n) is 6.52. The minimum atomic E-state index is -0.782. The summed E-state index contributed by atoms with van der Waals surface area (Å²) in [6, 6.07) is 1.86. The summed E-state index contributed by atoms with van der Waals surface area (Å²) >= 11 is 1.54. The molecule has 3 rings (SSSR count). The molecule has 0 radical (unpaired) electrons. The monoisotopic (exact) mass is 293 g/mol. The van der Waals surface area contributed by atoms with E-state index in [4.69, 9.17) is 4.52 Å². The Morgan fingerprint density at radius 2 is 2.50 bits per heavy atom. The third-order valence-electron chi connectivity index (χ3n) is 3.35. The number of thiazole rings is 1. The van der Waals surface area contributed by atoms with Gasteiger partial charge >= 0.3 is 5.97 Å². The van der Waals surface area contributed by atoms with Crippen LogP contribution in [0.3, 0.4) is 0 Å². The van der Waals surface area contributed by atoms with Crippen LogP contribution in [0.15, 0.2) is 10.6 Å². The van der Waals surface area contributed by atoms with Crippen molar-refractivity contribution >= 4 is 22.4 Å². The van der Waals surface area contributed by atoms with Crippen LogP contribution in [-0.4, -0.2) is 21.2 Å². The lowest BCUT2D eigenvalue weighted by Crippen LogP contribution is -2.17. The van der Waals surface area contributed by atoms with Crippen LogP contribution in [0.1, 0.15) is 40.8 Å². The summed E-state index contributed by atoms with van der Waals surface area (Å²) in [7, 11) is 0.